The molecule has 1 aliphatic rings. The Balaban J connectivity index is 1.83. The molecule has 0 aromatic heterocycles. The Kier molecular flexibility index (Phi) is 6.27. The third-order valence-corrected chi connectivity index (χ3v) is 6.76. The van der Waals surface area contributed by atoms with E-state index in [0.29, 0.717) is 25.1 Å². The van der Waals surface area contributed by atoms with E-state index in [1.54, 1.807) is 0 Å². The Morgan fingerprint density at radius 1 is 1.31 bits per heavy atom. The number of aliphatic hydroxyl groups is 1. The van der Waals surface area contributed by atoms with Gasteiger partial charge in [-0.1, -0.05) is 6.07 Å². The number of benzene rings is 2. The molecule has 152 valence electrons. The van der Waals surface area contributed by atoms with Gasteiger partial charge in [0.25, 0.3) is 5.91 Å². The van der Waals surface area contributed by atoms with Gasteiger partial charge >= 0.3 is 0 Å². The molecule has 0 spiro atoms. The number of carbonyl (C=O) groups is 1. The minimum atomic E-state index is -3.84. The quantitative estimate of drug-likeness (QED) is 0.749. The Hall–Kier alpha value is -2.80. The molecule has 1 atom stereocenters. The molecule has 1 fully saturated rings. The highest BCUT2D eigenvalue weighted by molar-refractivity contribution is 7.89. The lowest BCUT2D eigenvalue weighted by molar-refractivity contribution is 0.102. The Bertz CT molecular complexity index is 1070. The lowest BCUT2D eigenvalue weighted by Gasteiger charge is -2.22. The maximum Gasteiger partial charge on any atom is 0.255 e. The van der Waals surface area contributed by atoms with Crippen LogP contribution in [0.2, 0.25) is 0 Å². The normalized spacial score (nSPS) is 17.1. The van der Waals surface area contributed by atoms with Crippen molar-refractivity contribution in [1.82, 2.24) is 4.31 Å². The fraction of sp³-hybridized carbons (Fsp3) is 0.300. The van der Waals surface area contributed by atoms with E-state index in [9.17, 15) is 22.7 Å². The van der Waals surface area contributed by atoms with Crippen molar-refractivity contribution in [2.75, 3.05) is 18.5 Å². The largest absolute Gasteiger partial charge is 0.395 e. The third kappa shape index (κ3) is 4.45. The number of nitriles is 1. The molecule has 0 radical (unpaired) electrons. The minimum absolute atomic E-state index is 0.0326. The van der Waals surface area contributed by atoms with E-state index >= 15 is 0 Å². The molecule has 1 unspecified atom stereocenters. The number of carbonyl (C=O) groups excluding carboxylic acids is 1. The second-order valence-electron chi connectivity index (χ2n) is 6.72. The number of aliphatic hydroxyl groups excluding tert-OH is 1. The van der Waals surface area contributed by atoms with Gasteiger partial charge in [-0.25, -0.2) is 12.8 Å². The fourth-order valence-electron chi connectivity index (χ4n) is 3.32. The van der Waals surface area contributed by atoms with Crippen LogP contribution in [-0.2, 0) is 16.4 Å². The molecular formula is C20H20FN3O4S. The average molecular weight is 417 g/mol. The van der Waals surface area contributed by atoms with Crippen LogP contribution in [0.3, 0.4) is 0 Å². The van der Waals surface area contributed by atoms with Crippen LogP contribution in [0, 0.1) is 17.1 Å². The summed E-state index contributed by atoms with van der Waals surface area (Å²) < 4.78 is 40.7. The first-order valence-electron chi connectivity index (χ1n) is 9.06. The predicted molar refractivity (Wildman–Crippen MR) is 104 cm³/mol. The van der Waals surface area contributed by atoms with E-state index in [4.69, 9.17) is 5.26 Å². The summed E-state index contributed by atoms with van der Waals surface area (Å²) in [5.74, 6) is -1.10. The van der Waals surface area contributed by atoms with Crippen LogP contribution < -0.4 is 5.32 Å². The molecule has 3 rings (SSSR count). The molecule has 0 bridgehead atoms. The zero-order chi connectivity index (χ0) is 21.0. The number of amides is 1. The number of rotatable bonds is 6. The van der Waals surface area contributed by atoms with Gasteiger partial charge in [0.1, 0.15) is 5.82 Å². The molecule has 29 heavy (non-hydrogen) atoms. The summed E-state index contributed by atoms with van der Waals surface area (Å²) in [5.41, 5.74) is 0.581. The Labute approximate surface area is 168 Å². The summed E-state index contributed by atoms with van der Waals surface area (Å²) in [7, 11) is -3.84. The molecule has 0 saturated carbocycles. The minimum Gasteiger partial charge on any atom is -0.395 e. The maximum atomic E-state index is 13.7. The van der Waals surface area contributed by atoms with Crippen molar-refractivity contribution in [2.24, 2.45) is 0 Å². The lowest BCUT2D eigenvalue weighted by atomic mass is 10.1. The standard InChI is InChI=1S/C20H20FN3O4S/c21-19-7-6-16(11-14(19)8-9-22)23-20(26)15-3-1-5-18(12-15)29(27,28)24-10-2-4-17(24)13-25/h1,3,5-7,11-12,17,25H,2,4,8,10,13H2,(H,23,26). The molecule has 2 N–H and O–H groups in total. The van der Waals surface area contributed by atoms with E-state index in [2.05, 4.69) is 5.32 Å². The molecule has 9 heteroatoms. The van der Waals surface area contributed by atoms with Crippen LogP contribution in [0.25, 0.3) is 0 Å². The van der Waals surface area contributed by atoms with Crippen molar-refractivity contribution >= 4 is 21.6 Å². The first-order valence-corrected chi connectivity index (χ1v) is 10.5. The number of nitrogens with zero attached hydrogens (tertiary/aromatic N) is 2. The summed E-state index contributed by atoms with van der Waals surface area (Å²) in [6.07, 6.45) is 1.12. The summed E-state index contributed by atoms with van der Waals surface area (Å²) in [6.45, 7) is 0.0657. The van der Waals surface area contributed by atoms with Gasteiger partial charge in [0.15, 0.2) is 0 Å². The van der Waals surface area contributed by atoms with E-state index in [1.165, 1.54) is 40.7 Å². The van der Waals surface area contributed by atoms with E-state index < -0.39 is 27.8 Å². The highest BCUT2D eigenvalue weighted by atomic mass is 32.2. The van der Waals surface area contributed by atoms with Gasteiger partial charge in [-0.3, -0.25) is 4.79 Å². The van der Waals surface area contributed by atoms with Gasteiger partial charge in [0.05, 0.1) is 24.0 Å². The molecule has 2 aromatic rings. The molecule has 1 saturated heterocycles. The van der Waals surface area contributed by atoms with Crippen LogP contribution in [0.1, 0.15) is 28.8 Å². The topological polar surface area (TPSA) is 110 Å². The zero-order valence-corrected chi connectivity index (χ0v) is 16.3. The van der Waals surface area contributed by atoms with Gasteiger partial charge < -0.3 is 10.4 Å². The second kappa shape index (κ2) is 8.69. The van der Waals surface area contributed by atoms with Crippen LogP contribution in [0.4, 0.5) is 10.1 Å². The Morgan fingerprint density at radius 3 is 2.83 bits per heavy atom. The van der Waals surface area contributed by atoms with Crippen LogP contribution in [0.15, 0.2) is 47.4 Å². The van der Waals surface area contributed by atoms with Crippen molar-refractivity contribution < 1.29 is 22.7 Å². The smallest absolute Gasteiger partial charge is 0.255 e. The van der Waals surface area contributed by atoms with Crippen molar-refractivity contribution in [2.45, 2.75) is 30.2 Å². The highest BCUT2D eigenvalue weighted by Gasteiger charge is 2.35. The summed E-state index contributed by atoms with van der Waals surface area (Å²) >= 11 is 0. The SMILES string of the molecule is N#CCc1cc(NC(=O)c2cccc(S(=O)(=O)N3CCCC3CO)c2)ccc1F. The monoisotopic (exact) mass is 417 g/mol. The number of hydrogen-bond acceptors (Lipinski definition) is 5. The van der Waals surface area contributed by atoms with Crippen LogP contribution in [0.5, 0.6) is 0 Å². The van der Waals surface area contributed by atoms with Gasteiger partial charge in [0, 0.05) is 29.4 Å². The summed E-state index contributed by atoms with van der Waals surface area (Å²) in [6, 6.07) is 10.9. The van der Waals surface area contributed by atoms with Crippen molar-refractivity contribution in [1.29, 1.82) is 5.26 Å². The van der Waals surface area contributed by atoms with Crippen molar-refractivity contribution in [3.63, 3.8) is 0 Å². The van der Waals surface area contributed by atoms with Gasteiger partial charge in [-0.15, -0.1) is 0 Å². The predicted octanol–water partition coefficient (Wildman–Crippen LogP) is 2.29. The maximum absolute atomic E-state index is 13.7. The van der Waals surface area contributed by atoms with E-state index in [-0.39, 0.29) is 29.1 Å². The van der Waals surface area contributed by atoms with Gasteiger partial charge in [-0.2, -0.15) is 9.57 Å². The molecular weight excluding hydrogens is 397 g/mol. The van der Waals surface area contributed by atoms with Gasteiger partial charge in [-0.05, 0) is 49.2 Å². The van der Waals surface area contributed by atoms with Crippen molar-refractivity contribution in [3.8, 4) is 6.07 Å². The summed E-state index contributed by atoms with van der Waals surface area (Å²) in [4.78, 5) is 12.5. The zero-order valence-electron chi connectivity index (χ0n) is 15.5. The average Bonchev–Trinajstić information content (AvgIpc) is 3.20. The molecule has 1 amide bonds. The molecule has 7 nitrogen and oxygen atoms in total. The Morgan fingerprint density at radius 2 is 2.10 bits per heavy atom. The number of halogens is 1. The summed E-state index contributed by atoms with van der Waals surface area (Å²) in [5, 5.41) is 20.8. The first kappa shape index (κ1) is 20.9. The number of sulfonamides is 1. The highest BCUT2D eigenvalue weighted by Crippen LogP contribution is 2.26. The fourth-order valence-corrected chi connectivity index (χ4v) is 5.05. The lowest BCUT2D eigenvalue weighted by Crippen LogP contribution is -2.37. The van der Waals surface area contributed by atoms with Crippen molar-refractivity contribution in [3.05, 3.63) is 59.4 Å². The van der Waals surface area contributed by atoms with Gasteiger partial charge in [0.2, 0.25) is 10.0 Å². The van der Waals surface area contributed by atoms with E-state index in [0.717, 1.165) is 6.07 Å². The molecule has 1 aliphatic heterocycles. The number of nitrogens with one attached hydrogen (secondary N) is 1. The first-order chi connectivity index (χ1) is 13.9. The van der Waals surface area contributed by atoms with Crippen LogP contribution in [-0.4, -0.2) is 42.9 Å². The van der Waals surface area contributed by atoms with Crippen LogP contribution >= 0.6 is 0 Å². The van der Waals surface area contributed by atoms with E-state index in [1.807, 2.05) is 6.07 Å². The third-order valence-electron chi connectivity index (χ3n) is 4.81. The molecule has 0 aliphatic carbocycles. The molecule has 1 heterocycles. The second-order valence-corrected chi connectivity index (χ2v) is 8.61. The number of anilines is 1. The molecule has 2 aromatic carbocycles. The number of hydrogen-bond donors (Lipinski definition) is 2.